The molecule has 0 saturated heterocycles. The zero-order chi connectivity index (χ0) is 8.10. The van der Waals surface area contributed by atoms with Gasteiger partial charge in [-0.1, -0.05) is 0 Å². The van der Waals surface area contributed by atoms with Crippen LogP contribution in [0.2, 0.25) is 0 Å². The average molecular weight is 152 g/mol. The highest BCUT2D eigenvalue weighted by molar-refractivity contribution is 5.75. The number of hydrazone groups is 1. The summed E-state index contributed by atoms with van der Waals surface area (Å²) in [6.45, 7) is 4.05. The number of nitrogens with one attached hydrogen (secondary N) is 1. The van der Waals surface area contributed by atoms with Crippen molar-refractivity contribution in [2.75, 3.05) is 0 Å². The fraction of sp³-hybridized carbons (Fsp3) is 0.375. The maximum absolute atomic E-state index is 5.03. The van der Waals surface area contributed by atoms with Gasteiger partial charge in [0.15, 0.2) is 0 Å². The van der Waals surface area contributed by atoms with E-state index in [4.69, 9.17) is 4.42 Å². The Hall–Kier alpha value is -1.25. The topological polar surface area (TPSA) is 37.5 Å². The summed E-state index contributed by atoms with van der Waals surface area (Å²) >= 11 is 0. The Balaban J connectivity index is 2.37. The van der Waals surface area contributed by atoms with Gasteiger partial charge in [-0.15, -0.1) is 0 Å². The van der Waals surface area contributed by atoms with E-state index in [-0.39, 0.29) is 0 Å². The van der Waals surface area contributed by atoms with E-state index in [1.807, 2.05) is 26.0 Å². The Morgan fingerprint density at radius 2 is 2.45 bits per heavy atom. The van der Waals surface area contributed by atoms with Crippen molar-refractivity contribution in [3.05, 3.63) is 24.2 Å². The van der Waals surface area contributed by atoms with Gasteiger partial charge in [0.25, 0.3) is 0 Å². The minimum atomic E-state index is 0.362. The second-order valence-corrected chi connectivity index (χ2v) is 2.56. The zero-order valence-corrected chi connectivity index (χ0v) is 6.74. The number of hydrogen-bond donors (Lipinski definition) is 1. The minimum absolute atomic E-state index is 0.362. The van der Waals surface area contributed by atoms with Crippen molar-refractivity contribution in [2.45, 2.75) is 19.9 Å². The quantitative estimate of drug-likeness (QED) is 0.527. The van der Waals surface area contributed by atoms with Gasteiger partial charge in [-0.05, 0) is 26.0 Å². The van der Waals surface area contributed by atoms with Crippen molar-refractivity contribution < 1.29 is 4.42 Å². The molecule has 0 atom stereocenters. The monoisotopic (exact) mass is 152 g/mol. The van der Waals surface area contributed by atoms with Gasteiger partial charge in [0.2, 0.25) is 0 Å². The van der Waals surface area contributed by atoms with Gasteiger partial charge in [-0.25, -0.2) is 0 Å². The standard InChI is InChI=1S/C8H12N2O/c1-7(2)10-9-6-8-4-3-5-11-8/h3-7,10H,1-2H3/b9-6+. The SMILES string of the molecule is CC(C)N/N=C/c1ccco1. The van der Waals surface area contributed by atoms with Crippen LogP contribution in [0.1, 0.15) is 19.6 Å². The van der Waals surface area contributed by atoms with Crippen molar-refractivity contribution in [1.29, 1.82) is 0 Å². The Kier molecular flexibility index (Phi) is 2.72. The molecule has 0 aliphatic heterocycles. The predicted octanol–water partition coefficient (Wildman–Crippen LogP) is 1.61. The van der Waals surface area contributed by atoms with Gasteiger partial charge in [0, 0.05) is 6.04 Å². The largest absolute Gasteiger partial charge is 0.463 e. The molecule has 1 aromatic heterocycles. The molecule has 0 unspecified atom stereocenters. The Morgan fingerprint density at radius 3 is 3.00 bits per heavy atom. The molecule has 60 valence electrons. The molecule has 0 bridgehead atoms. The molecule has 1 N–H and O–H groups in total. The highest BCUT2D eigenvalue weighted by atomic mass is 16.3. The van der Waals surface area contributed by atoms with Crippen molar-refractivity contribution in [1.82, 2.24) is 5.43 Å². The predicted molar refractivity (Wildman–Crippen MR) is 44.6 cm³/mol. The second-order valence-electron chi connectivity index (χ2n) is 2.56. The van der Waals surface area contributed by atoms with Gasteiger partial charge in [-0.2, -0.15) is 5.10 Å². The minimum Gasteiger partial charge on any atom is -0.463 e. The van der Waals surface area contributed by atoms with E-state index in [2.05, 4.69) is 10.5 Å². The van der Waals surface area contributed by atoms with Crippen molar-refractivity contribution in [3.8, 4) is 0 Å². The summed E-state index contributed by atoms with van der Waals surface area (Å²) in [7, 11) is 0. The summed E-state index contributed by atoms with van der Waals surface area (Å²) in [5, 5.41) is 3.94. The molecule has 1 heterocycles. The van der Waals surface area contributed by atoms with Crippen LogP contribution in [0, 0.1) is 0 Å². The van der Waals surface area contributed by atoms with E-state index >= 15 is 0 Å². The molecule has 0 aromatic carbocycles. The molecule has 3 heteroatoms. The maximum atomic E-state index is 5.03. The smallest absolute Gasteiger partial charge is 0.146 e. The van der Waals surface area contributed by atoms with Crippen molar-refractivity contribution in [3.63, 3.8) is 0 Å². The van der Waals surface area contributed by atoms with Crippen LogP contribution in [0.15, 0.2) is 27.9 Å². The average Bonchev–Trinajstić information content (AvgIpc) is 2.39. The van der Waals surface area contributed by atoms with Crippen LogP contribution in [0.4, 0.5) is 0 Å². The highest BCUT2D eigenvalue weighted by Crippen LogP contribution is 1.94. The lowest BCUT2D eigenvalue weighted by atomic mass is 10.4. The molecule has 3 nitrogen and oxygen atoms in total. The van der Waals surface area contributed by atoms with E-state index in [0.717, 1.165) is 5.76 Å². The van der Waals surface area contributed by atoms with Gasteiger partial charge in [0.05, 0.1) is 12.5 Å². The van der Waals surface area contributed by atoms with Crippen LogP contribution in [0.3, 0.4) is 0 Å². The zero-order valence-electron chi connectivity index (χ0n) is 6.74. The molecule has 0 saturated carbocycles. The molecular weight excluding hydrogens is 140 g/mol. The first-order valence-electron chi connectivity index (χ1n) is 3.61. The fourth-order valence-corrected chi connectivity index (χ4v) is 0.615. The van der Waals surface area contributed by atoms with Gasteiger partial charge >= 0.3 is 0 Å². The van der Waals surface area contributed by atoms with Gasteiger partial charge < -0.3 is 9.84 Å². The van der Waals surface area contributed by atoms with Crippen LogP contribution < -0.4 is 5.43 Å². The van der Waals surface area contributed by atoms with E-state index in [1.54, 1.807) is 12.5 Å². The first-order valence-corrected chi connectivity index (χ1v) is 3.61. The molecule has 0 aliphatic rings. The van der Waals surface area contributed by atoms with Crippen LogP contribution in [-0.2, 0) is 0 Å². The van der Waals surface area contributed by atoms with Crippen LogP contribution in [0.25, 0.3) is 0 Å². The molecule has 0 radical (unpaired) electrons. The van der Waals surface area contributed by atoms with E-state index in [1.165, 1.54) is 0 Å². The first-order chi connectivity index (χ1) is 5.29. The molecule has 0 aliphatic carbocycles. The van der Waals surface area contributed by atoms with E-state index < -0.39 is 0 Å². The highest BCUT2D eigenvalue weighted by Gasteiger charge is 1.88. The van der Waals surface area contributed by atoms with Crippen molar-refractivity contribution >= 4 is 6.21 Å². The van der Waals surface area contributed by atoms with Crippen LogP contribution in [-0.4, -0.2) is 12.3 Å². The lowest BCUT2D eigenvalue weighted by Crippen LogP contribution is -2.15. The Bertz CT molecular complexity index is 214. The fourth-order valence-electron chi connectivity index (χ4n) is 0.615. The molecule has 1 rings (SSSR count). The normalized spacial score (nSPS) is 11.2. The van der Waals surface area contributed by atoms with Gasteiger partial charge in [-0.3, -0.25) is 0 Å². The Morgan fingerprint density at radius 1 is 1.64 bits per heavy atom. The van der Waals surface area contributed by atoms with Crippen LogP contribution >= 0.6 is 0 Å². The number of hydrogen-bond acceptors (Lipinski definition) is 3. The van der Waals surface area contributed by atoms with Crippen molar-refractivity contribution in [2.24, 2.45) is 5.10 Å². The lowest BCUT2D eigenvalue weighted by molar-refractivity contribution is 0.557. The summed E-state index contributed by atoms with van der Waals surface area (Å²) in [6.07, 6.45) is 3.27. The summed E-state index contributed by atoms with van der Waals surface area (Å²) in [4.78, 5) is 0. The molecule has 0 fully saturated rings. The Labute approximate surface area is 66.1 Å². The summed E-state index contributed by atoms with van der Waals surface area (Å²) < 4.78 is 5.03. The molecule has 1 aromatic rings. The third kappa shape index (κ3) is 2.89. The summed E-state index contributed by atoms with van der Waals surface area (Å²) in [5.74, 6) is 0.762. The molecular formula is C8H12N2O. The molecule has 11 heavy (non-hydrogen) atoms. The maximum Gasteiger partial charge on any atom is 0.146 e. The van der Waals surface area contributed by atoms with Gasteiger partial charge in [0.1, 0.15) is 5.76 Å². The number of furan rings is 1. The second kappa shape index (κ2) is 3.81. The molecule has 0 spiro atoms. The summed E-state index contributed by atoms with van der Waals surface area (Å²) in [6, 6.07) is 4.05. The first kappa shape index (κ1) is 7.85. The lowest BCUT2D eigenvalue weighted by Gasteiger charge is -2.00. The van der Waals surface area contributed by atoms with E-state index in [9.17, 15) is 0 Å². The number of nitrogens with zero attached hydrogens (tertiary/aromatic N) is 1. The third-order valence-electron chi connectivity index (χ3n) is 1.07. The van der Waals surface area contributed by atoms with E-state index in [0.29, 0.717) is 6.04 Å². The number of rotatable bonds is 3. The molecule has 0 amide bonds. The summed E-state index contributed by atoms with van der Waals surface area (Å²) in [5.41, 5.74) is 2.89. The third-order valence-corrected chi connectivity index (χ3v) is 1.07. The van der Waals surface area contributed by atoms with Crippen LogP contribution in [0.5, 0.6) is 0 Å².